The van der Waals surface area contributed by atoms with Crippen molar-refractivity contribution in [2.45, 2.75) is 44.2 Å². The standard InChI is InChI=1S/C18H28N2O3S/c1-4-23-15-6-12-24-16(15)17(21)20-10-8-18(9-11-20)7-5-14(13-22-3)19(18)2/h6,12,14H,4-5,7-11,13H2,1-3H3/t14-/m0/s1. The molecule has 0 N–H and O–H groups in total. The van der Waals surface area contributed by atoms with Crippen LogP contribution in [0.25, 0.3) is 0 Å². The van der Waals surface area contributed by atoms with Crippen LogP contribution in [0.4, 0.5) is 0 Å². The molecule has 1 aromatic rings. The number of hydrogen-bond acceptors (Lipinski definition) is 5. The molecule has 2 fully saturated rings. The van der Waals surface area contributed by atoms with Gasteiger partial charge < -0.3 is 14.4 Å². The Morgan fingerprint density at radius 1 is 1.38 bits per heavy atom. The maximum Gasteiger partial charge on any atom is 0.267 e. The van der Waals surface area contributed by atoms with E-state index in [1.165, 1.54) is 24.2 Å². The molecule has 1 aromatic heterocycles. The van der Waals surface area contributed by atoms with Gasteiger partial charge in [0.25, 0.3) is 5.91 Å². The van der Waals surface area contributed by atoms with Crippen molar-refractivity contribution < 1.29 is 14.3 Å². The summed E-state index contributed by atoms with van der Waals surface area (Å²) in [4.78, 5) is 18.1. The van der Waals surface area contributed by atoms with Crippen LogP contribution < -0.4 is 4.74 Å². The van der Waals surface area contributed by atoms with Crippen LogP contribution in [0.3, 0.4) is 0 Å². The molecular weight excluding hydrogens is 324 g/mol. The summed E-state index contributed by atoms with van der Waals surface area (Å²) in [6.07, 6.45) is 4.50. The highest BCUT2D eigenvalue weighted by molar-refractivity contribution is 7.12. The minimum Gasteiger partial charge on any atom is -0.492 e. The van der Waals surface area contributed by atoms with E-state index < -0.39 is 0 Å². The lowest BCUT2D eigenvalue weighted by Gasteiger charge is -2.45. The molecule has 1 amide bonds. The molecule has 0 radical (unpaired) electrons. The lowest BCUT2D eigenvalue weighted by molar-refractivity contribution is 0.0274. The van der Waals surface area contributed by atoms with Gasteiger partial charge in [0.1, 0.15) is 10.6 Å². The number of likely N-dealkylation sites (tertiary alicyclic amines) is 2. The largest absolute Gasteiger partial charge is 0.492 e. The Balaban J connectivity index is 1.63. The Morgan fingerprint density at radius 3 is 2.79 bits per heavy atom. The van der Waals surface area contributed by atoms with Gasteiger partial charge in [-0.3, -0.25) is 9.69 Å². The molecule has 6 heteroatoms. The molecule has 2 aliphatic heterocycles. The van der Waals surface area contributed by atoms with Crippen molar-refractivity contribution in [3.05, 3.63) is 16.3 Å². The fourth-order valence-corrected chi connectivity index (χ4v) is 4.98. The van der Waals surface area contributed by atoms with E-state index in [4.69, 9.17) is 9.47 Å². The third-order valence-corrected chi connectivity index (χ3v) is 6.59. The van der Waals surface area contributed by atoms with Gasteiger partial charge in [0.15, 0.2) is 0 Å². The highest BCUT2D eigenvalue weighted by Crippen LogP contribution is 2.41. The molecule has 3 heterocycles. The summed E-state index contributed by atoms with van der Waals surface area (Å²) in [5.41, 5.74) is 0.248. The first kappa shape index (κ1) is 17.7. The molecule has 3 rings (SSSR count). The second-order valence-electron chi connectivity index (χ2n) is 6.82. The van der Waals surface area contributed by atoms with Crippen LogP contribution in [0.2, 0.25) is 0 Å². The minimum absolute atomic E-state index is 0.123. The Morgan fingerprint density at radius 2 is 2.12 bits per heavy atom. The number of likely N-dealkylation sites (N-methyl/N-ethyl adjacent to an activating group) is 1. The Labute approximate surface area is 148 Å². The van der Waals surface area contributed by atoms with Gasteiger partial charge in [-0.15, -0.1) is 11.3 Å². The van der Waals surface area contributed by atoms with E-state index in [-0.39, 0.29) is 11.4 Å². The first-order valence-corrected chi connectivity index (χ1v) is 9.70. The summed E-state index contributed by atoms with van der Waals surface area (Å²) in [6.45, 7) is 4.99. The monoisotopic (exact) mass is 352 g/mol. The predicted molar refractivity (Wildman–Crippen MR) is 96.0 cm³/mol. The summed E-state index contributed by atoms with van der Waals surface area (Å²) in [7, 11) is 4.00. The van der Waals surface area contributed by atoms with Crippen molar-refractivity contribution in [2.24, 2.45) is 0 Å². The first-order valence-electron chi connectivity index (χ1n) is 8.83. The van der Waals surface area contributed by atoms with Crippen molar-refractivity contribution in [1.82, 2.24) is 9.80 Å². The zero-order chi connectivity index (χ0) is 17.2. The van der Waals surface area contributed by atoms with Crippen molar-refractivity contribution in [3.63, 3.8) is 0 Å². The lowest BCUT2D eigenvalue weighted by atomic mass is 9.85. The lowest BCUT2D eigenvalue weighted by Crippen LogP contribution is -2.53. The number of carbonyl (C=O) groups is 1. The number of thiophene rings is 1. The van der Waals surface area contributed by atoms with Crippen molar-refractivity contribution in [1.29, 1.82) is 0 Å². The molecule has 134 valence electrons. The molecule has 0 saturated carbocycles. The van der Waals surface area contributed by atoms with Gasteiger partial charge in [0.2, 0.25) is 0 Å². The van der Waals surface area contributed by atoms with Crippen LogP contribution in [-0.2, 0) is 4.74 Å². The number of hydrogen-bond donors (Lipinski definition) is 0. The van der Waals surface area contributed by atoms with E-state index in [1.807, 2.05) is 23.3 Å². The second kappa shape index (κ2) is 7.42. The predicted octanol–water partition coefficient (Wildman–Crippen LogP) is 2.86. The average molecular weight is 353 g/mol. The highest BCUT2D eigenvalue weighted by atomic mass is 32.1. The number of carbonyl (C=O) groups excluding carboxylic acids is 1. The molecule has 24 heavy (non-hydrogen) atoms. The molecule has 0 unspecified atom stereocenters. The minimum atomic E-state index is 0.123. The van der Waals surface area contributed by atoms with Gasteiger partial charge >= 0.3 is 0 Å². The van der Waals surface area contributed by atoms with Gasteiger partial charge in [-0.05, 0) is 51.1 Å². The number of nitrogens with zero attached hydrogens (tertiary/aromatic N) is 2. The number of piperidine rings is 1. The number of amides is 1. The normalized spacial score (nSPS) is 23.8. The highest BCUT2D eigenvalue weighted by Gasteiger charge is 2.46. The molecule has 2 saturated heterocycles. The number of rotatable bonds is 5. The smallest absolute Gasteiger partial charge is 0.267 e. The van der Waals surface area contributed by atoms with Gasteiger partial charge in [-0.25, -0.2) is 0 Å². The summed E-state index contributed by atoms with van der Waals surface area (Å²) in [6, 6.07) is 2.41. The van der Waals surface area contributed by atoms with E-state index in [1.54, 1.807) is 7.11 Å². The molecule has 0 aromatic carbocycles. The Bertz CT molecular complexity index is 566. The fraction of sp³-hybridized carbons (Fsp3) is 0.722. The maximum atomic E-state index is 12.8. The summed E-state index contributed by atoms with van der Waals surface area (Å²) in [5.74, 6) is 0.850. The van der Waals surface area contributed by atoms with Crippen molar-refractivity contribution in [3.8, 4) is 5.75 Å². The molecule has 0 bridgehead atoms. The van der Waals surface area contributed by atoms with Gasteiger partial charge in [-0.2, -0.15) is 0 Å². The fourth-order valence-electron chi connectivity index (χ4n) is 4.18. The van der Waals surface area contributed by atoms with Crippen LogP contribution in [0, 0.1) is 0 Å². The molecule has 5 nitrogen and oxygen atoms in total. The molecule has 0 aliphatic carbocycles. The third kappa shape index (κ3) is 3.19. The van der Waals surface area contributed by atoms with E-state index in [0.29, 0.717) is 12.6 Å². The van der Waals surface area contributed by atoms with Crippen LogP contribution in [0.1, 0.15) is 42.3 Å². The number of ether oxygens (including phenoxy) is 2. The molecule has 1 atom stereocenters. The van der Waals surface area contributed by atoms with Crippen molar-refractivity contribution in [2.75, 3.05) is 40.5 Å². The molecular formula is C18H28N2O3S. The zero-order valence-electron chi connectivity index (χ0n) is 14.9. The van der Waals surface area contributed by atoms with E-state index >= 15 is 0 Å². The van der Waals surface area contributed by atoms with E-state index in [2.05, 4.69) is 11.9 Å². The Kier molecular flexibility index (Phi) is 5.47. The van der Waals surface area contributed by atoms with Gasteiger partial charge in [0.05, 0.1) is 13.2 Å². The maximum absolute atomic E-state index is 12.8. The Hall–Kier alpha value is -1.11. The van der Waals surface area contributed by atoms with Crippen LogP contribution in [0.5, 0.6) is 5.75 Å². The average Bonchev–Trinajstić information content (AvgIpc) is 3.16. The quantitative estimate of drug-likeness (QED) is 0.817. The van der Waals surface area contributed by atoms with E-state index in [9.17, 15) is 4.79 Å². The van der Waals surface area contributed by atoms with Crippen LogP contribution >= 0.6 is 11.3 Å². The van der Waals surface area contributed by atoms with Crippen LogP contribution in [-0.4, -0.2) is 67.7 Å². The summed E-state index contributed by atoms with van der Waals surface area (Å²) >= 11 is 1.48. The summed E-state index contributed by atoms with van der Waals surface area (Å²) < 4.78 is 10.9. The van der Waals surface area contributed by atoms with Gasteiger partial charge in [-0.1, -0.05) is 0 Å². The van der Waals surface area contributed by atoms with Gasteiger partial charge in [0, 0.05) is 31.8 Å². The molecule has 1 spiro atoms. The second-order valence-corrected chi connectivity index (χ2v) is 7.74. The number of methoxy groups -OCH3 is 1. The summed E-state index contributed by atoms with van der Waals surface area (Å²) in [5, 5.41) is 1.93. The third-order valence-electron chi connectivity index (χ3n) is 5.70. The van der Waals surface area contributed by atoms with E-state index in [0.717, 1.165) is 43.2 Å². The van der Waals surface area contributed by atoms with Crippen molar-refractivity contribution >= 4 is 17.2 Å². The molecule has 2 aliphatic rings. The first-order chi connectivity index (χ1) is 11.6. The van der Waals surface area contributed by atoms with Crippen LogP contribution in [0.15, 0.2) is 11.4 Å². The SMILES string of the molecule is CCOc1ccsc1C(=O)N1CCC2(CC[C@@H](COC)N2C)CC1. The zero-order valence-corrected chi connectivity index (χ0v) is 15.7. The topological polar surface area (TPSA) is 42.0 Å².